The fourth-order valence-corrected chi connectivity index (χ4v) is 2.50. The maximum absolute atomic E-state index is 11.6. The molecule has 1 atom stereocenters. The van der Waals surface area contributed by atoms with Crippen LogP contribution >= 0.6 is 0 Å². The highest BCUT2D eigenvalue weighted by Crippen LogP contribution is 2.13. The number of rotatable bonds is 6. The Morgan fingerprint density at radius 3 is 2.00 bits per heavy atom. The standard InChI is InChI=1S/C13H18O.C11H11O.C2H2.2H2/c1-10(2)13(14)11(3)9-12-7-5-4-6-8-12;1-9-3-6-11(7-4-9)8-5-10(2)12;1-2;;/h4-8,10-11H,9H2,1-3H3;3-8H,2H2,1H3;1-2H;2*1H/b;8-5+;;;. The zero-order valence-corrected chi connectivity index (χ0v) is 17.4. The van der Waals surface area contributed by atoms with Gasteiger partial charge in [-0.3, -0.25) is 9.59 Å². The molecule has 0 N–H and O–H groups in total. The molecule has 2 aromatic rings. The first-order chi connectivity index (χ1) is 13.3. The number of hydrogen-bond acceptors (Lipinski definition) is 2. The van der Waals surface area contributed by atoms with E-state index in [1.807, 2.05) is 70.2 Å². The number of terminal acetylenes is 1. The van der Waals surface area contributed by atoms with E-state index in [2.05, 4.69) is 31.9 Å². The Kier molecular flexibility index (Phi) is 12.7. The first-order valence-electron chi connectivity index (χ1n) is 9.31. The first kappa shape index (κ1) is 25.1. The lowest BCUT2D eigenvalue weighted by molar-refractivity contribution is -0.125. The summed E-state index contributed by atoms with van der Waals surface area (Å²) in [6.07, 6.45) is 12.1. The Balaban J connectivity index is -0.000000426. The largest absolute Gasteiger partial charge is 0.299 e. The highest BCUT2D eigenvalue weighted by molar-refractivity contribution is 5.96. The van der Waals surface area contributed by atoms with Crippen molar-refractivity contribution in [2.45, 2.75) is 34.1 Å². The van der Waals surface area contributed by atoms with Gasteiger partial charge >= 0.3 is 0 Å². The highest BCUT2D eigenvalue weighted by atomic mass is 16.1. The van der Waals surface area contributed by atoms with Crippen LogP contribution in [0.1, 0.15) is 40.3 Å². The lowest BCUT2D eigenvalue weighted by Gasteiger charge is -2.12. The van der Waals surface area contributed by atoms with Crippen molar-refractivity contribution in [3.8, 4) is 12.8 Å². The van der Waals surface area contributed by atoms with Gasteiger partial charge in [0.15, 0.2) is 5.78 Å². The van der Waals surface area contributed by atoms with E-state index in [4.69, 9.17) is 0 Å². The summed E-state index contributed by atoms with van der Waals surface area (Å²) in [5.74, 6) is 0.468. The van der Waals surface area contributed by atoms with Crippen LogP contribution in [-0.2, 0) is 16.0 Å². The van der Waals surface area contributed by atoms with E-state index < -0.39 is 0 Å². The number of carbonyl (C=O) groups is 2. The van der Waals surface area contributed by atoms with Crippen LogP contribution < -0.4 is 0 Å². The van der Waals surface area contributed by atoms with Gasteiger partial charge in [-0.2, -0.15) is 0 Å². The van der Waals surface area contributed by atoms with Gasteiger partial charge in [0, 0.05) is 21.6 Å². The van der Waals surface area contributed by atoms with Gasteiger partial charge in [0.2, 0.25) is 0 Å². The van der Waals surface area contributed by atoms with Crippen molar-refractivity contribution < 1.29 is 12.4 Å². The lowest BCUT2D eigenvalue weighted by atomic mass is 9.91. The average Bonchev–Trinajstić information content (AvgIpc) is 2.69. The molecule has 0 fully saturated rings. The summed E-state index contributed by atoms with van der Waals surface area (Å²) in [4.78, 5) is 22.1. The second-order valence-electron chi connectivity index (χ2n) is 6.86. The third-order valence-corrected chi connectivity index (χ3v) is 3.98. The van der Waals surface area contributed by atoms with Crippen LogP contribution in [0.25, 0.3) is 6.08 Å². The van der Waals surface area contributed by atoms with E-state index in [0.717, 1.165) is 12.0 Å². The molecule has 0 aromatic heterocycles. The molecular weight excluding hydrogens is 344 g/mol. The Morgan fingerprint density at radius 1 is 1.00 bits per heavy atom. The van der Waals surface area contributed by atoms with Crippen molar-refractivity contribution in [1.29, 1.82) is 0 Å². The number of Topliss-reactive ketones (excluding diaryl/α,β-unsaturated/α-hetero) is 1. The summed E-state index contributed by atoms with van der Waals surface area (Å²) in [5.41, 5.74) is 3.49. The topological polar surface area (TPSA) is 34.1 Å². The van der Waals surface area contributed by atoms with Crippen LogP contribution in [0.2, 0.25) is 0 Å². The molecule has 2 rings (SSSR count). The number of carbonyl (C=O) groups excluding carboxylic acids is 2. The molecule has 0 saturated heterocycles. The maximum Gasteiger partial charge on any atom is 0.156 e. The van der Waals surface area contributed by atoms with E-state index in [1.54, 1.807) is 6.08 Å². The van der Waals surface area contributed by atoms with Crippen molar-refractivity contribution in [3.63, 3.8) is 0 Å². The number of benzene rings is 2. The molecule has 0 heterocycles. The number of aryl methyl sites for hydroxylation is 1. The molecule has 0 spiro atoms. The van der Waals surface area contributed by atoms with E-state index in [0.29, 0.717) is 5.78 Å². The zero-order valence-electron chi connectivity index (χ0n) is 17.4. The fraction of sp³-hybridized carbons (Fsp3) is 0.269. The Morgan fingerprint density at radius 2 is 1.54 bits per heavy atom. The first-order valence-corrected chi connectivity index (χ1v) is 9.31. The summed E-state index contributed by atoms with van der Waals surface area (Å²) in [5, 5.41) is 0. The van der Waals surface area contributed by atoms with Crippen LogP contribution in [0.4, 0.5) is 0 Å². The molecule has 0 aliphatic carbocycles. The highest BCUT2D eigenvalue weighted by Gasteiger charge is 2.16. The lowest BCUT2D eigenvalue weighted by Crippen LogP contribution is -2.18. The van der Waals surface area contributed by atoms with Crippen molar-refractivity contribution >= 4 is 17.6 Å². The molecular formula is C26H35O2. The van der Waals surface area contributed by atoms with Crippen LogP contribution in [0.5, 0.6) is 0 Å². The van der Waals surface area contributed by atoms with Gasteiger partial charge in [-0.05, 0) is 30.5 Å². The SMILES string of the molecule is C#C.CC(C)C(=O)C(C)Cc1ccccc1.[CH2]C(=O)/C=C/c1ccc(C)cc1.[HH].[HH]. The van der Waals surface area contributed by atoms with E-state index in [9.17, 15) is 9.59 Å². The second kappa shape index (κ2) is 14.2. The molecule has 0 aliphatic rings. The van der Waals surface area contributed by atoms with Gasteiger partial charge < -0.3 is 0 Å². The minimum absolute atomic E-state index is 0. The molecule has 2 aromatic carbocycles. The van der Waals surface area contributed by atoms with Crippen molar-refractivity contribution in [3.05, 3.63) is 84.3 Å². The summed E-state index contributed by atoms with van der Waals surface area (Å²) in [6, 6.07) is 18.1. The van der Waals surface area contributed by atoms with Gasteiger partial charge in [0.1, 0.15) is 5.78 Å². The van der Waals surface area contributed by atoms with E-state index in [1.165, 1.54) is 17.2 Å². The molecule has 0 amide bonds. The molecule has 1 unspecified atom stereocenters. The molecule has 151 valence electrons. The molecule has 2 heteroatoms. The average molecular weight is 380 g/mol. The Hall–Kier alpha value is -2.92. The van der Waals surface area contributed by atoms with Gasteiger partial charge in [-0.25, -0.2) is 0 Å². The smallest absolute Gasteiger partial charge is 0.156 e. The normalized spacial score (nSPS) is 11.0. The van der Waals surface area contributed by atoms with Gasteiger partial charge in [-0.1, -0.05) is 87.0 Å². The summed E-state index contributed by atoms with van der Waals surface area (Å²) in [6.45, 7) is 11.2. The molecule has 28 heavy (non-hydrogen) atoms. The van der Waals surface area contributed by atoms with E-state index >= 15 is 0 Å². The van der Waals surface area contributed by atoms with Crippen molar-refractivity contribution in [2.75, 3.05) is 0 Å². The second-order valence-corrected chi connectivity index (χ2v) is 6.86. The predicted octanol–water partition coefficient (Wildman–Crippen LogP) is 6.24. The minimum atomic E-state index is -0.171. The van der Waals surface area contributed by atoms with Crippen LogP contribution in [0.3, 0.4) is 0 Å². The monoisotopic (exact) mass is 379 g/mol. The zero-order chi connectivity index (χ0) is 21.5. The van der Waals surface area contributed by atoms with E-state index in [-0.39, 0.29) is 20.5 Å². The Bertz CT molecular complexity index is 761. The van der Waals surface area contributed by atoms with Gasteiger partial charge in [-0.15, -0.1) is 12.8 Å². The van der Waals surface area contributed by atoms with Crippen LogP contribution in [0.15, 0.2) is 60.7 Å². The predicted molar refractivity (Wildman–Crippen MR) is 124 cm³/mol. The Labute approximate surface area is 173 Å². The fourth-order valence-electron chi connectivity index (χ4n) is 2.50. The van der Waals surface area contributed by atoms with Crippen molar-refractivity contribution in [2.24, 2.45) is 11.8 Å². The van der Waals surface area contributed by atoms with Crippen molar-refractivity contribution in [1.82, 2.24) is 0 Å². The summed E-state index contributed by atoms with van der Waals surface area (Å²) >= 11 is 0. The molecule has 0 aliphatic heterocycles. The molecule has 0 bridgehead atoms. The quantitative estimate of drug-likeness (QED) is 0.439. The molecule has 0 saturated carbocycles. The minimum Gasteiger partial charge on any atom is -0.299 e. The number of hydrogen-bond donors (Lipinski definition) is 0. The maximum atomic E-state index is 11.6. The van der Waals surface area contributed by atoms with Gasteiger partial charge in [0.25, 0.3) is 0 Å². The molecule has 1 radical (unpaired) electrons. The molecule has 2 nitrogen and oxygen atoms in total. The summed E-state index contributed by atoms with van der Waals surface area (Å²) in [7, 11) is 0. The third-order valence-electron chi connectivity index (χ3n) is 3.98. The number of ketones is 2. The van der Waals surface area contributed by atoms with Crippen LogP contribution in [-0.4, -0.2) is 11.6 Å². The third kappa shape index (κ3) is 10.9. The summed E-state index contributed by atoms with van der Waals surface area (Å²) < 4.78 is 0. The van der Waals surface area contributed by atoms with Crippen LogP contribution in [0, 0.1) is 38.5 Å². The van der Waals surface area contributed by atoms with Gasteiger partial charge in [0.05, 0.1) is 0 Å². The number of allylic oxidation sites excluding steroid dienone is 1.